The highest BCUT2D eigenvalue weighted by atomic mass is 35.5. The van der Waals surface area contributed by atoms with E-state index in [1.54, 1.807) is 0 Å². The molecule has 112 valence electrons. The van der Waals surface area contributed by atoms with Crippen LogP contribution in [0.4, 0.5) is 4.39 Å². The van der Waals surface area contributed by atoms with E-state index in [1.165, 1.54) is 38.1 Å². The van der Waals surface area contributed by atoms with Crippen LogP contribution in [-0.2, 0) is 14.8 Å². The van der Waals surface area contributed by atoms with Crippen molar-refractivity contribution in [3.8, 4) is 0 Å². The lowest BCUT2D eigenvalue weighted by Crippen LogP contribution is -2.44. The van der Waals surface area contributed by atoms with Crippen LogP contribution in [0.25, 0.3) is 0 Å². The van der Waals surface area contributed by atoms with Gasteiger partial charge in [0.1, 0.15) is 11.7 Å². The van der Waals surface area contributed by atoms with Crippen molar-refractivity contribution in [3.63, 3.8) is 0 Å². The number of benzene rings is 1. The molecule has 0 aromatic heterocycles. The average molecular weight is 324 g/mol. The van der Waals surface area contributed by atoms with E-state index in [-0.39, 0.29) is 4.90 Å². The van der Waals surface area contributed by atoms with Crippen molar-refractivity contribution in [2.75, 3.05) is 0 Å². The molecule has 0 saturated heterocycles. The molecule has 0 aliphatic rings. The zero-order chi connectivity index (χ0) is 15.6. The van der Waals surface area contributed by atoms with Crippen LogP contribution >= 0.6 is 11.6 Å². The predicted octanol–water partition coefficient (Wildman–Crippen LogP) is 2.21. The molecule has 0 aliphatic heterocycles. The van der Waals surface area contributed by atoms with Crippen LogP contribution in [0.1, 0.15) is 20.3 Å². The minimum absolute atomic E-state index is 0.134. The molecule has 5 nitrogen and oxygen atoms in total. The Balaban J connectivity index is 2.97. The number of sulfonamides is 1. The first kappa shape index (κ1) is 16.9. The number of nitrogens with one attached hydrogen (secondary N) is 1. The predicted molar refractivity (Wildman–Crippen MR) is 73.0 cm³/mol. The number of carboxylic acids is 1. The molecule has 20 heavy (non-hydrogen) atoms. The molecule has 0 spiro atoms. The maximum Gasteiger partial charge on any atom is 0.321 e. The molecule has 8 heteroatoms. The minimum Gasteiger partial charge on any atom is -0.480 e. The van der Waals surface area contributed by atoms with Crippen molar-refractivity contribution in [2.45, 2.75) is 36.9 Å². The second-order valence-electron chi connectivity index (χ2n) is 4.89. The molecule has 1 atom stereocenters. The fourth-order valence-corrected chi connectivity index (χ4v) is 2.85. The van der Waals surface area contributed by atoms with Gasteiger partial charge < -0.3 is 5.11 Å². The summed E-state index contributed by atoms with van der Waals surface area (Å²) >= 11 is 5.65. The molecular formula is C12H15ClFNO4S. The van der Waals surface area contributed by atoms with Gasteiger partial charge in [-0.2, -0.15) is 4.72 Å². The van der Waals surface area contributed by atoms with Gasteiger partial charge in [-0.1, -0.05) is 11.6 Å². The second-order valence-corrected chi connectivity index (χ2v) is 7.04. The van der Waals surface area contributed by atoms with Gasteiger partial charge in [-0.3, -0.25) is 4.79 Å². The Bertz CT molecular complexity index is 580. The minimum atomic E-state index is -4.05. The Labute approximate surface area is 121 Å². The molecular weight excluding hydrogens is 309 g/mol. The normalized spacial score (nSPS) is 14.0. The Morgan fingerprint density at radius 3 is 2.30 bits per heavy atom. The summed E-state index contributed by atoms with van der Waals surface area (Å²) < 4.78 is 39.5. The van der Waals surface area contributed by atoms with Crippen molar-refractivity contribution >= 4 is 27.6 Å². The fourth-order valence-electron chi connectivity index (χ4n) is 1.53. The van der Waals surface area contributed by atoms with Gasteiger partial charge in [-0.05, 0) is 38.1 Å². The molecule has 0 bridgehead atoms. The van der Waals surface area contributed by atoms with Crippen molar-refractivity contribution < 1.29 is 22.7 Å². The van der Waals surface area contributed by atoms with Crippen LogP contribution in [0.2, 0.25) is 5.02 Å². The highest BCUT2D eigenvalue weighted by molar-refractivity contribution is 7.89. The number of rotatable bonds is 6. The molecule has 0 fully saturated rings. The summed E-state index contributed by atoms with van der Waals surface area (Å²) in [5.41, 5.74) is -1.81. The SMILES string of the molecule is CC(C)(F)CC(NS(=O)(=O)c1ccc(Cl)cc1)C(=O)O. The lowest BCUT2D eigenvalue weighted by Gasteiger charge is -2.20. The highest BCUT2D eigenvalue weighted by Gasteiger charge is 2.31. The van der Waals surface area contributed by atoms with Gasteiger partial charge in [0.25, 0.3) is 0 Å². The highest BCUT2D eigenvalue weighted by Crippen LogP contribution is 2.19. The van der Waals surface area contributed by atoms with Crippen molar-refractivity contribution in [1.29, 1.82) is 0 Å². The smallest absolute Gasteiger partial charge is 0.321 e. The third kappa shape index (κ3) is 5.07. The van der Waals surface area contributed by atoms with Gasteiger partial charge >= 0.3 is 5.97 Å². The van der Waals surface area contributed by atoms with E-state index in [1.807, 2.05) is 4.72 Å². The number of alkyl halides is 1. The van der Waals surface area contributed by atoms with E-state index in [0.717, 1.165) is 0 Å². The first-order valence-electron chi connectivity index (χ1n) is 5.71. The average Bonchev–Trinajstić information content (AvgIpc) is 2.26. The molecule has 0 radical (unpaired) electrons. The summed E-state index contributed by atoms with van der Waals surface area (Å²) in [6.45, 7) is 2.36. The zero-order valence-electron chi connectivity index (χ0n) is 10.9. The summed E-state index contributed by atoms with van der Waals surface area (Å²) in [7, 11) is -4.05. The summed E-state index contributed by atoms with van der Waals surface area (Å²) in [5.74, 6) is -1.44. The van der Waals surface area contributed by atoms with Crippen LogP contribution in [-0.4, -0.2) is 31.2 Å². The lowest BCUT2D eigenvalue weighted by molar-refractivity contribution is -0.139. The first-order chi connectivity index (χ1) is 9.01. The topological polar surface area (TPSA) is 83.5 Å². The van der Waals surface area contributed by atoms with Gasteiger partial charge in [0.05, 0.1) is 4.90 Å². The Kier molecular flexibility index (Phi) is 5.12. The standard InChI is InChI=1S/C12H15ClFNO4S/c1-12(2,14)7-10(11(16)17)15-20(18,19)9-5-3-8(13)4-6-9/h3-6,10,15H,7H2,1-2H3,(H,16,17). The van der Waals surface area contributed by atoms with E-state index in [4.69, 9.17) is 16.7 Å². The van der Waals surface area contributed by atoms with Gasteiger partial charge in [-0.15, -0.1) is 0 Å². The number of halogens is 2. The Morgan fingerprint density at radius 1 is 1.40 bits per heavy atom. The Morgan fingerprint density at radius 2 is 1.90 bits per heavy atom. The summed E-state index contributed by atoms with van der Waals surface area (Å²) in [5, 5.41) is 9.33. The van der Waals surface area contributed by atoms with Gasteiger partial charge in [0.2, 0.25) is 10.0 Å². The number of carboxylic acid groups (broad SMARTS) is 1. The molecule has 1 aromatic rings. The zero-order valence-corrected chi connectivity index (χ0v) is 12.5. The van der Waals surface area contributed by atoms with E-state index >= 15 is 0 Å². The molecule has 1 aromatic carbocycles. The van der Waals surface area contributed by atoms with Crippen LogP contribution in [0.5, 0.6) is 0 Å². The molecule has 0 heterocycles. The Hall–Kier alpha value is -1.18. The van der Waals surface area contributed by atoms with Crippen molar-refractivity contribution in [1.82, 2.24) is 4.72 Å². The van der Waals surface area contributed by atoms with E-state index in [0.29, 0.717) is 5.02 Å². The van der Waals surface area contributed by atoms with Gasteiger partial charge in [-0.25, -0.2) is 12.8 Å². The van der Waals surface area contributed by atoms with Gasteiger partial charge in [0, 0.05) is 11.4 Å². The largest absolute Gasteiger partial charge is 0.480 e. The molecule has 0 saturated carbocycles. The number of hydrogen-bond acceptors (Lipinski definition) is 3. The summed E-state index contributed by atoms with van der Waals surface area (Å²) in [4.78, 5) is 10.9. The number of aliphatic carboxylic acids is 1. The fraction of sp³-hybridized carbons (Fsp3) is 0.417. The summed E-state index contributed by atoms with van der Waals surface area (Å²) in [6.07, 6.45) is -0.477. The first-order valence-corrected chi connectivity index (χ1v) is 7.57. The number of carbonyl (C=O) groups is 1. The third-order valence-corrected chi connectivity index (χ3v) is 4.15. The molecule has 0 amide bonds. The molecule has 1 unspecified atom stereocenters. The van der Waals surface area contributed by atoms with Gasteiger partial charge in [0.15, 0.2) is 0 Å². The third-order valence-electron chi connectivity index (χ3n) is 2.41. The monoisotopic (exact) mass is 323 g/mol. The maximum atomic E-state index is 13.5. The van der Waals surface area contributed by atoms with Crippen molar-refractivity contribution in [2.24, 2.45) is 0 Å². The molecule has 2 N–H and O–H groups in total. The summed E-state index contributed by atoms with van der Waals surface area (Å²) in [6, 6.07) is 3.67. The van der Waals surface area contributed by atoms with Crippen molar-refractivity contribution in [3.05, 3.63) is 29.3 Å². The van der Waals surface area contributed by atoms with Crippen LogP contribution in [0.15, 0.2) is 29.2 Å². The number of hydrogen-bond donors (Lipinski definition) is 2. The van der Waals surface area contributed by atoms with Crippen LogP contribution < -0.4 is 4.72 Å². The van der Waals surface area contributed by atoms with Crippen LogP contribution in [0, 0.1) is 0 Å². The van der Waals surface area contributed by atoms with E-state index < -0.39 is 34.1 Å². The van der Waals surface area contributed by atoms with E-state index in [2.05, 4.69) is 0 Å². The van der Waals surface area contributed by atoms with E-state index in [9.17, 15) is 17.6 Å². The van der Waals surface area contributed by atoms with Crippen LogP contribution in [0.3, 0.4) is 0 Å². The lowest BCUT2D eigenvalue weighted by atomic mass is 10.0. The molecule has 1 rings (SSSR count). The maximum absolute atomic E-state index is 13.5. The second kappa shape index (κ2) is 6.07. The molecule has 0 aliphatic carbocycles. The quantitative estimate of drug-likeness (QED) is 0.840.